The number of rotatable bonds is 11. The molecule has 0 radical (unpaired) electrons. The van der Waals surface area contributed by atoms with Crippen LogP contribution in [0.15, 0.2) is 102 Å². The third-order valence-electron chi connectivity index (χ3n) is 6.27. The molecular weight excluding hydrogens is 546 g/mol. The average Bonchev–Trinajstić information content (AvgIpc) is 2.98. The zero-order valence-corrected chi connectivity index (χ0v) is 23.3. The van der Waals surface area contributed by atoms with E-state index < -0.39 is 5.92 Å². The van der Waals surface area contributed by atoms with Crippen LogP contribution in [0.5, 0.6) is 5.75 Å². The number of hydrogen-bond donors (Lipinski definition) is 2. The van der Waals surface area contributed by atoms with Gasteiger partial charge in [-0.2, -0.15) is 12.6 Å². The fraction of sp³-hybridized carbons (Fsp3) is 0.156. The molecule has 0 bridgehead atoms. The molecule has 4 rings (SSSR count). The highest BCUT2D eigenvalue weighted by Crippen LogP contribution is 2.28. The second kappa shape index (κ2) is 14.5. The van der Waals surface area contributed by atoms with Crippen molar-refractivity contribution in [3.63, 3.8) is 0 Å². The quantitative estimate of drug-likeness (QED) is 0.0891. The minimum atomic E-state index is -0.603. The number of amides is 1. The van der Waals surface area contributed by atoms with Gasteiger partial charge < -0.3 is 10.1 Å². The van der Waals surface area contributed by atoms with Crippen molar-refractivity contribution in [1.82, 2.24) is 5.32 Å². The molecular formula is C32H28F2N2O2S2. The molecule has 204 valence electrons. The summed E-state index contributed by atoms with van der Waals surface area (Å²) in [6.07, 6.45) is 2.87. The van der Waals surface area contributed by atoms with Gasteiger partial charge in [0.25, 0.3) is 0 Å². The molecule has 1 N–H and O–H groups in total. The Morgan fingerprint density at radius 3 is 1.80 bits per heavy atom. The molecule has 0 aliphatic carbocycles. The maximum atomic E-state index is 13.3. The zero-order valence-electron chi connectivity index (χ0n) is 21.6. The van der Waals surface area contributed by atoms with Crippen molar-refractivity contribution in [2.24, 2.45) is 4.99 Å². The third kappa shape index (κ3) is 8.56. The molecule has 8 heteroatoms. The summed E-state index contributed by atoms with van der Waals surface area (Å²) in [5.74, 6) is -0.468. The minimum absolute atomic E-state index is 0.248. The first kappa shape index (κ1) is 29.1. The molecule has 1 amide bonds. The Bertz CT molecular complexity index is 1350. The molecule has 4 nitrogen and oxygen atoms in total. The average molecular weight is 575 g/mol. The molecule has 0 aliphatic rings. The van der Waals surface area contributed by atoms with E-state index in [1.54, 1.807) is 36.4 Å². The fourth-order valence-corrected chi connectivity index (χ4v) is 4.24. The fourth-order valence-electron chi connectivity index (χ4n) is 4.11. The summed E-state index contributed by atoms with van der Waals surface area (Å²) in [5.41, 5.74) is 4.60. The van der Waals surface area contributed by atoms with Gasteiger partial charge in [0.05, 0.1) is 12.3 Å². The Balaban J connectivity index is 1.48. The van der Waals surface area contributed by atoms with Gasteiger partial charge in [-0.15, -0.1) is 0 Å². The van der Waals surface area contributed by atoms with Crippen LogP contribution in [0.3, 0.4) is 0 Å². The molecule has 0 aromatic heterocycles. The molecule has 4 aromatic carbocycles. The van der Waals surface area contributed by atoms with Gasteiger partial charge in [-0.3, -0.25) is 4.79 Å². The second-order valence-corrected chi connectivity index (χ2v) is 9.89. The number of aryl methyl sites for hydroxylation is 2. The Hall–Kier alpha value is -3.88. The molecule has 0 spiro atoms. The Kier molecular flexibility index (Phi) is 10.5. The number of hydrogen-bond acceptors (Lipinski definition) is 4. The molecule has 0 saturated carbocycles. The topological polar surface area (TPSA) is 50.7 Å². The van der Waals surface area contributed by atoms with Crippen LogP contribution in [-0.4, -0.2) is 23.0 Å². The highest BCUT2D eigenvalue weighted by molar-refractivity contribution is 7.86. The molecule has 0 aliphatic heterocycles. The molecule has 4 aromatic rings. The number of ether oxygens (including phenoxy) is 1. The smallest absolute Gasteiger partial charge is 0.237 e. The summed E-state index contributed by atoms with van der Waals surface area (Å²) < 4.78 is 32.2. The molecule has 0 heterocycles. The van der Waals surface area contributed by atoms with Gasteiger partial charge in [-0.1, -0.05) is 72.9 Å². The maximum absolute atomic E-state index is 13.3. The SMILES string of the molecule is O=C(N/C=N/C(=S)CS)C(c1ccc(CCc2ccc(F)cc2)cc1)c1ccc(OCc2ccc(F)cc2)cc1. The number of carbonyl (C=O) groups is 1. The van der Waals surface area contributed by atoms with E-state index in [-0.39, 0.29) is 17.5 Å². The van der Waals surface area contributed by atoms with Gasteiger partial charge in [-0.25, -0.2) is 13.8 Å². The number of nitrogens with one attached hydrogen (secondary N) is 1. The van der Waals surface area contributed by atoms with Gasteiger partial charge >= 0.3 is 0 Å². The van der Waals surface area contributed by atoms with Gasteiger partial charge in [0.2, 0.25) is 5.91 Å². The Morgan fingerprint density at radius 1 is 0.800 bits per heavy atom. The number of nitrogens with zero attached hydrogens (tertiary/aromatic N) is 1. The molecule has 0 fully saturated rings. The van der Waals surface area contributed by atoms with Crippen molar-refractivity contribution < 1.29 is 18.3 Å². The van der Waals surface area contributed by atoms with Crippen LogP contribution in [-0.2, 0) is 24.2 Å². The van der Waals surface area contributed by atoms with E-state index in [0.717, 1.165) is 40.7 Å². The second-order valence-electron chi connectivity index (χ2n) is 9.10. The van der Waals surface area contributed by atoms with Crippen LogP contribution in [0.1, 0.15) is 33.7 Å². The van der Waals surface area contributed by atoms with E-state index in [0.29, 0.717) is 23.1 Å². The van der Waals surface area contributed by atoms with Crippen LogP contribution in [0.4, 0.5) is 8.78 Å². The third-order valence-corrected chi connectivity index (χ3v) is 7.04. The van der Waals surface area contributed by atoms with Crippen molar-refractivity contribution in [1.29, 1.82) is 0 Å². The normalized spacial score (nSPS) is 11.8. The lowest BCUT2D eigenvalue weighted by Gasteiger charge is -2.18. The van der Waals surface area contributed by atoms with Gasteiger partial charge in [-0.05, 0) is 77.1 Å². The van der Waals surface area contributed by atoms with Crippen molar-refractivity contribution in [2.45, 2.75) is 25.4 Å². The molecule has 0 saturated heterocycles. The van der Waals surface area contributed by atoms with Crippen LogP contribution >= 0.6 is 24.8 Å². The lowest BCUT2D eigenvalue weighted by molar-refractivity contribution is -0.120. The first-order valence-corrected chi connectivity index (χ1v) is 13.7. The van der Waals surface area contributed by atoms with E-state index in [1.807, 2.05) is 36.4 Å². The minimum Gasteiger partial charge on any atom is -0.489 e. The largest absolute Gasteiger partial charge is 0.489 e. The molecule has 1 unspecified atom stereocenters. The molecule has 40 heavy (non-hydrogen) atoms. The lowest BCUT2D eigenvalue weighted by Crippen LogP contribution is -2.29. The zero-order chi connectivity index (χ0) is 28.3. The van der Waals surface area contributed by atoms with Crippen molar-refractivity contribution in [3.8, 4) is 5.75 Å². The van der Waals surface area contributed by atoms with E-state index >= 15 is 0 Å². The van der Waals surface area contributed by atoms with Gasteiger partial charge in [0.15, 0.2) is 0 Å². The summed E-state index contributed by atoms with van der Waals surface area (Å²) in [6, 6.07) is 27.9. The number of thiol groups is 1. The Morgan fingerprint density at radius 2 is 1.27 bits per heavy atom. The molecule has 1 atom stereocenters. The van der Waals surface area contributed by atoms with Crippen molar-refractivity contribution >= 4 is 42.1 Å². The number of thiocarbonyl (C=S) groups is 1. The highest BCUT2D eigenvalue weighted by atomic mass is 32.1. The van der Waals surface area contributed by atoms with Gasteiger partial charge in [0, 0.05) is 5.75 Å². The number of aliphatic imine (C=N–C) groups is 1. The maximum Gasteiger partial charge on any atom is 0.237 e. The summed E-state index contributed by atoms with van der Waals surface area (Å²) in [6.45, 7) is 0.296. The van der Waals surface area contributed by atoms with E-state index in [2.05, 4.69) is 22.9 Å². The summed E-state index contributed by atoms with van der Waals surface area (Å²) in [5, 5.41) is 2.73. The van der Waals surface area contributed by atoms with Crippen LogP contribution in [0.2, 0.25) is 0 Å². The predicted molar refractivity (Wildman–Crippen MR) is 162 cm³/mol. The summed E-state index contributed by atoms with van der Waals surface area (Å²) >= 11 is 9.14. The first-order chi connectivity index (χ1) is 19.4. The van der Waals surface area contributed by atoms with Crippen molar-refractivity contribution in [3.05, 3.63) is 137 Å². The number of benzene rings is 4. The van der Waals surface area contributed by atoms with E-state index in [9.17, 15) is 13.6 Å². The Labute approximate surface area is 243 Å². The summed E-state index contributed by atoms with van der Waals surface area (Å²) in [4.78, 5) is 17.7. The number of carbonyl (C=O) groups excluding carboxylic acids is 1. The van der Waals surface area contributed by atoms with Gasteiger partial charge in [0.1, 0.15) is 29.0 Å². The van der Waals surface area contributed by atoms with Crippen molar-refractivity contribution in [2.75, 3.05) is 5.75 Å². The highest BCUT2D eigenvalue weighted by Gasteiger charge is 2.22. The van der Waals surface area contributed by atoms with E-state index in [4.69, 9.17) is 17.0 Å². The standard InChI is InChI=1S/C32H28F2N2O2S2/c33-27-13-5-23(6-14-27)2-1-22-3-9-25(10-4-22)31(32(37)36-21-35-30(40)20-39)26-11-17-29(18-12-26)38-19-24-7-15-28(34)16-8-24/h3-18,21,31,39H,1-2,19-20H2,(H,35,36,37,40). The summed E-state index contributed by atoms with van der Waals surface area (Å²) in [7, 11) is 0. The van der Waals surface area contributed by atoms with Crippen LogP contribution in [0, 0.1) is 11.6 Å². The van der Waals surface area contributed by atoms with Crippen LogP contribution in [0.25, 0.3) is 0 Å². The lowest BCUT2D eigenvalue weighted by atomic mass is 9.89. The first-order valence-electron chi connectivity index (χ1n) is 12.7. The van der Waals surface area contributed by atoms with Crippen LogP contribution < -0.4 is 10.1 Å². The number of halogens is 2. The van der Waals surface area contributed by atoms with E-state index in [1.165, 1.54) is 30.6 Å². The monoisotopic (exact) mass is 574 g/mol. The predicted octanol–water partition coefficient (Wildman–Crippen LogP) is 6.86.